The van der Waals surface area contributed by atoms with E-state index in [1.54, 1.807) is 0 Å². The second kappa shape index (κ2) is 7.31. The fourth-order valence-electron chi connectivity index (χ4n) is 2.12. The minimum absolute atomic E-state index is 0.0226. The normalized spacial score (nSPS) is 17.4. The molecule has 1 saturated heterocycles. The molecule has 1 aliphatic rings. The maximum atomic E-state index is 12.8. The third-order valence-corrected chi connectivity index (χ3v) is 4.25. The number of methoxy groups -OCH3 is 1. The van der Waals surface area contributed by atoms with Crippen molar-refractivity contribution in [2.75, 3.05) is 7.11 Å². The number of benzene rings is 1. The Balaban J connectivity index is 1.80. The minimum atomic E-state index is -4.48. The highest BCUT2D eigenvalue weighted by Gasteiger charge is 2.30. The number of hydrogen-bond acceptors (Lipinski definition) is 6. The lowest BCUT2D eigenvalue weighted by Gasteiger charge is -2.06. The van der Waals surface area contributed by atoms with E-state index in [-0.39, 0.29) is 27.3 Å². The number of carbonyl (C=O) groups excluding carboxylic acids is 2. The van der Waals surface area contributed by atoms with Gasteiger partial charge in [0.2, 0.25) is 5.76 Å². The molecule has 2 aromatic rings. The predicted molar refractivity (Wildman–Crippen MR) is 92.3 cm³/mol. The van der Waals surface area contributed by atoms with Crippen LogP contribution in [0, 0.1) is 0 Å². The molecule has 1 N–H and O–H groups in total. The van der Waals surface area contributed by atoms with Crippen molar-refractivity contribution in [1.82, 2.24) is 5.32 Å². The third kappa shape index (κ3) is 4.40. The molecule has 27 heavy (non-hydrogen) atoms. The Bertz CT molecular complexity index is 963. The highest BCUT2D eigenvalue weighted by atomic mass is 32.2. The number of amides is 1. The lowest BCUT2D eigenvalue weighted by molar-refractivity contribution is -0.137. The summed E-state index contributed by atoms with van der Waals surface area (Å²) in [5.74, 6) is -0.921. The summed E-state index contributed by atoms with van der Waals surface area (Å²) in [5, 5.41) is 2.59. The second-order valence-corrected chi connectivity index (χ2v) is 6.25. The summed E-state index contributed by atoms with van der Waals surface area (Å²) in [6.45, 7) is 0. The molecule has 0 atom stereocenters. The first-order valence-corrected chi connectivity index (χ1v) is 8.23. The molecule has 0 radical (unpaired) electrons. The average molecular weight is 396 g/mol. The second-order valence-electron chi connectivity index (χ2n) is 5.22. The molecule has 3 rings (SSSR count). The van der Waals surface area contributed by atoms with Gasteiger partial charge in [-0.1, -0.05) is 6.07 Å². The Labute approximate surface area is 155 Å². The van der Waals surface area contributed by atoms with E-state index in [4.69, 9.17) is 4.42 Å². The number of esters is 1. The number of halogens is 3. The van der Waals surface area contributed by atoms with Crippen LogP contribution in [0.4, 0.5) is 18.9 Å². The van der Waals surface area contributed by atoms with Gasteiger partial charge in [-0.2, -0.15) is 13.2 Å². The number of alkyl halides is 3. The molecule has 0 bridgehead atoms. The molecule has 1 aromatic heterocycles. The van der Waals surface area contributed by atoms with Crippen LogP contribution in [-0.2, 0) is 15.7 Å². The third-order valence-electron chi connectivity index (χ3n) is 3.34. The number of rotatable bonds is 3. The fourth-order valence-corrected chi connectivity index (χ4v) is 2.94. The van der Waals surface area contributed by atoms with Gasteiger partial charge in [-0.25, -0.2) is 9.79 Å². The Morgan fingerprint density at radius 1 is 1.30 bits per heavy atom. The molecule has 0 spiro atoms. The lowest BCUT2D eigenvalue weighted by Crippen LogP contribution is -2.19. The Morgan fingerprint density at radius 2 is 2.07 bits per heavy atom. The zero-order valence-corrected chi connectivity index (χ0v) is 14.5. The van der Waals surface area contributed by atoms with Crippen molar-refractivity contribution in [3.63, 3.8) is 0 Å². The van der Waals surface area contributed by atoms with Crippen LogP contribution in [-0.4, -0.2) is 24.2 Å². The molecule has 0 saturated carbocycles. The maximum absolute atomic E-state index is 12.8. The van der Waals surface area contributed by atoms with Crippen molar-refractivity contribution in [2.45, 2.75) is 6.18 Å². The van der Waals surface area contributed by atoms with Gasteiger partial charge in [-0.05, 0) is 42.1 Å². The first kappa shape index (κ1) is 18.8. The standard InChI is InChI=1S/C17H11F3N2O4S/c1-25-15(24)12-6-5-11(26-12)8-13-14(23)22-16(27-13)21-10-4-2-3-9(7-10)17(18,19)20/h2-8H,1H3,(H,21,22,23)/b13-8-. The first-order valence-electron chi connectivity index (χ1n) is 7.41. The Kier molecular flexibility index (Phi) is 5.08. The number of nitrogens with zero attached hydrogens (tertiary/aromatic N) is 1. The summed E-state index contributed by atoms with van der Waals surface area (Å²) >= 11 is 0.938. The molecule has 140 valence electrons. The highest BCUT2D eigenvalue weighted by molar-refractivity contribution is 8.18. The molecule has 1 aliphatic heterocycles. The Morgan fingerprint density at radius 3 is 2.78 bits per heavy atom. The van der Waals surface area contributed by atoms with Crippen molar-refractivity contribution >= 4 is 40.6 Å². The first-order chi connectivity index (χ1) is 12.8. The number of thioether (sulfide) groups is 1. The molecular weight excluding hydrogens is 385 g/mol. The van der Waals surface area contributed by atoms with E-state index in [1.807, 2.05) is 0 Å². The van der Waals surface area contributed by atoms with Gasteiger partial charge in [0.05, 0.1) is 23.3 Å². The maximum Gasteiger partial charge on any atom is 0.416 e. The molecule has 0 unspecified atom stereocenters. The fraction of sp³-hybridized carbons (Fsp3) is 0.118. The molecule has 2 heterocycles. The smallest absolute Gasteiger partial charge is 0.416 e. The van der Waals surface area contributed by atoms with Crippen LogP contribution in [0.3, 0.4) is 0 Å². The zero-order chi connectivity index (χ0) is 19.6. The van der Waals surface area contributed by atoms with E-state index < -0.39 is 23.6 Å². The van der Waals surface area contributed by atoms with Gasteiger partial charge >= 0.3 is 12.1 Å². The van der Waals surface area contributed by atoms with E-state index in [0.29, 0.717) is 0 Å². The summed E-state index contributed by atoms with van der Waals surface area (Å²) in [4.78, 5) is 27.6. The number of furan rings is 1. The highest BCUT2D eigenvalue weighted by Crippen LogP contribution is 2.33. The lowest BCUT2D eigenvalue weighted by atomic mass is 10.2. The van der Waals surface area contributed by atoms with E-state index in [1.165, 1.54) is 37.5 Å². The SMILES string of the molecule is COC(=O)c1ccc(/C=C2\SC(=Nc3cccc(C(F)(F)F)c3)NC2=O)o1. The van der Waals surface area contributed by atoms with Crippen molar-refractivity contribution in [1.29, 1.82) is 0 Å². The van der Waals surface area contributed by atoms with Crippen molar-refractivity contribution in [3.05, 3.63) is 58.4 Å². The number of carbonyl (C=O) groups is 2. The van der Waals surface area contributed by atoms with Gasteiger partial charge in [0.15, 0.2) is 5.17 Å². The monoisotopic (exact) mass is 396 g/mol. The van der Waals surface area contributed by atoms with Gasteiger partial charge in [0.1, 0.15) is 5.76 Å². The van der Waals surface area contributed by atoms with Crippen LogP contribution in [0.1, 0.15) is 21.9 Å². The zero-order valence-electron chi connectivity index (χ0n) is 13.7. The molecule has 6 nitrogen and oxygen atoms in total. The molecule has 0 aliphatic carbocycles. The van der Waals surface area contributed by atoms with Crippen molar-refractivity contribution < 1.29 is 31.9 Å². The van der Waals surface area contributed by atoms with Gasteiger partial charge in [-0.15, -0.1) is 0 Å². The predicted octanol–water partition coefficient (Wildman–Crippen LogP) is 3.98. The number of ether oxygens (including phenoxy) is 1. The molecular formula is C17H11F3N2O4S. The Hall–Kier alpha value is -3.01. The van der Waals surface area contributed by atoms with Crippen LogP contribution < -0.4 is 5.32 Å². The molecule has 1 amide bonds. The summed E-state index contributed by atoms with van der Waals surface area (Å²) in [6.07, 6.45) is -3.09. The largest absolute Gasteiger partial charge is 0.463 e. The van der Waals surface area contributed by atoms with Crippen LogP contribution >= 0.6 is 11.8 Å². The van der Waals surface area contributed by atoms with Crippen LogP contribution in [0.15, 0.2) is 50.7 Å². The quantitative estimate of drug-likeness (QED) is 0.627. The van der Waals surface area contributed by atoms with Gasteiger partial charge in [-0.3, -0.25) is 4.79 Å². The minimum Gasteiger partial charge on any atom is -0.463 e. The number of aliphatic imine (C=N–C) groups is 1. The summed E-state index contributed by atoms with van der Waals surface area (Å²) in [5.41, 5.74) is -0.778. The number of hydrogen-bond donors (Lipinski definition) is 1. The van der Waals surface area contributed by atoms with Gasteiger partial charge in [0.25, 0.3) is 5.91 Å². The van der Waals surface area contributed by atoms with Gasteiger partial charge in [0, 0.05) is 6.08 Å². The van der Waals surface area contributed by atoms with E-state index >= 15 is 0 Å². The number of nitrogens with one attached hydrogen (secondary N) is 1. The molecule has 10 heteroatoms. The molecule has 1 fully saturated rings. The average Bonchev–Trinajstić information content (AvgIpc) is 3.21. The van der Waals surface area contributed by atoms with Crippen LogP contribution in [0.2, 0.25) is 0 Å². The van der Waals surface area contributed by atoms with Gasteiger partial charge < -0.3 is 14.5 Å². The summed E-state index contributed by atoms with van der Waals surface area (Å²) in [6, 6.07) is 7.33. The van der Waals surface area contributed by atoms with Crippen LogP contribution in [0.25, 0.3) is 6.08 Å². The molecule has 1 aromatic carbocycles. The van der Waals surface area contributed by atoms with Crippen molar-refractivity contribution in [3.8, 4) is 0 Å². The van der Waals surface area contributed by atoms with E-state index in [0.717, 1.165) is 23.9 Å². The van der Waals surface area contributed by atoms with Crippen molar-refractivity contribution in [2.24, 2.45) is 4.99 Å². The van der Waals surface area contributed by atoms with Crippen LogP contribution in [0.5, 0.6) is 0 Å². The summed E-state index contributed by atoms with van der Waals surface area (Å²) in [7, 11) is 1.21. The van der Waals surface area contributed by atoms with E-state index in [2.05, 4.69) is 15.0 Å². The van der Waals surface area contributed by atoms with E-state index in [9.17, 15) is 22.8 Å². The summed E-state index contributed by atoms with van der Waals surface area (Å²) < 4.78 is 48.0. The number of amidine groups is 1. The topological polar surface area (TPSA) is 80.9 Å².